The first-order chi connectivity index (χ1) is 7.13. The average Bonchev–Trinajstić information content (AvgIpc) is 2.26. The molecule has 1 rings (SSSR count). The fraction of sp³-hybridized carbons (Fsp3) is 0.500. The molecule has 1 heterocycles. The van der Waals surface area contributed by atoms with Gasteiger partial charge in [-0.05, 0) is 18.1 Å². The maximum absolute atomic E-state index is 9.58. The molecule has 84 valence electrons. The normalized spacial score (nSPS) is 12.6. The van der Waals surface area contributed by atoms with Crippen molar-refractivity contribution in [3.05, 3.63) is 18.2 Å². The topological polar surface area (TPSA) is 83.2 Å². The van der Waals surface area contributed by atoms with E-state index in [1.165, 1.54) is 0 Å². The van der Waals surface area contributed by atoms with Gasteiger partial charge in [0.2, 0.25) is 0 Å². The second kappa shape index (κ2) is 5.53. The van der Waals surface area contributed by atoms with Crippen molar-refractivity contribution >= 4 is 11.6 Å². The molecule has 0 amide bonds. The van der Waals surface area contributed by atoms with Crippen molar-refractivity contribution in [1.82, 2.24) is 4.98 Å². The maximum Gasteiger partial charge on any atom is 0.142 e. The minimum Gasteiger partial charge on any atom is -0.391 e. The first-order valence-corrected chi connectivity index (χ1v) is 4.99. The van der Waals surface area contributed by atoms with Gasteiger partial charge in [-0.25, -0.2) is 10.8 Å². The van der Waals surface area contributed by atoms with Gasteiger partial charge in [0, 0.05) is 6.54 Å². The predicted molar refractivity (Wildman–Crippen MR) is 61.4 cm³/mol. The number of rotatable bonds is 5. The van der Waals surface area contributed by atoms with Gasteiger partial charge in [-0.15, -0.1) is 0 Å². The monoisotopic (exact) mass is 210 g/mol. The molecular weight excluding hydrogens is 192 g/mol. The van der Waals surface area contributed by atoms with Crippen LogP contribution in [0.4, 0.5) is 11.6 Å². The van der Waals surface area contributed by atoms with Crippen LogP contribution in [0.2, 0.25) is 0 Å². The Balaban J connectivity index is 2.50. The Bertz CT molecular complexity index is 303. The van der Waals surface area contributed by atoms with Crippen LogP contribution in [0.3, 0.4) is 0 Å². The summed E-state index contributed by atoms with van der Waals surface area (Å²) in [6, 6.07) is 5.43. The second-order valence-corrected chi connectivity index (χ2v) is 3.74. The molecule has 0 bridgehead atoms. The molecule has 5 heteroatoms. The van der Waals surface area contributed by atoms with Crippen molar-refractivity contribution in [3.63, 3.8) is 0 Å². The Morgan fingerprint density at radius 1 is 1.40 bits per heavy atom. The summed E-state index contributed by atoms with van der Waals surface area (Å²) in [5, 5.41) is 12.6. The van der Waals surface area contributed by atoms with E-state index in [0.29, 0.717) is 18.2 Å². The fourth-order valence-corrected chi connectivity index (χ4v) is 1.06. The van der Waals surface area contributed by atoms with Gasteiger partial charge in [0.25, 0.3) is 0 Å². The highest BCUT2D eigenvalue weighted by Crippen LogP contribution is 2.09. The smallest absolute Gasteiger partial charge is 0.142 e. The van der Waals surface area contributed by atoms with E-state index < -0.39 is 0 Å². The number of nitrogen functional groups attached to an aromatic ring is 1. The highest BCUT2D eigenvalue weighted by atomic mass is 16.3. The number of nitrogens with two attached hydrogens (primary N) is 1. The van der Waals surface area contributed by atoms with Crippen molar-refractivity contribution < 1.29 is 5.11 Å². The summed E-state index contributed by atoms with van der Waals surface area (Å²) in [7, 11) is 0. The molecule has 1 atom stereocenters. The lowest BCUT2D eigenvalue weighted by Crippen LogP contribution is -2.25. The number of hydrogen-bond donors (Lipinski definition) is 4. The third-order valence-corrected chi connectivity index (χ3v) is 2.16. The van der Waals surface area contributed by atoms with E-state index in [2.05, 4.69) is 15.7 Å². The van der Waals surface area contributed by atoms with E-state index in [4.69, 9.17) is 5.84 Å². The minimum absolute atomic E-state index is 0.230. The van der Waals surface area contributed by atoms with E-state index in [-0.39, 0.29) is 12.0 Å². The van der Waals surface area contributed by atoms with Gasteiger partial charge in [0.05, 0.1) is 6.10 Å². The lowest BCUT2D eigenvalue weighted by atomic mass is 10.1. The number of aliphatic hydroxyl groups excluding tert-OH is 1. The van der Waals surface area contributed by atoms with E-state index in [0.717, 1.165) is 0 Å². The zero-order valence-electron chi connectivity index (χ0n) is 9.07. The Labute approximate surface area is 89.7 Å². The molecule has 1 aromatic heterocycles. The van der Waals surface area contributed by atoms with Crippen molar-refractivity contribution in [1.29, 1.82) is 0 Å². The van der Waals surface area contributed by atoms with Crippen molar-refractivity contribution in [2.24, 2.45) is 11.8 Å². The highest BCUT2D eigenvalue weighted by molar-refractivity contribution is 5.44. The summed E-state index contributed by atoms with van der Waals surface area (Å²) in [4.78, 5) is 4.16. The summed E-state index contributed by atoms with van der Waals surface area (Å²) < 4.78 is 0. The quantitative estimate of drug-likeness (QED) is 0.427. The number of pyridine rings is 1. The summed E-state index contributed by atoms with van der Waals surface area (Å²) in [6.45, 7) is 4.42. The maximum atomic E-state index is 9.58. The van der Waals surface area contributed by atoms with Crippen molar-refractivity contribution in [2.45, 2.75) is 20.0 Å². The van der Waals surface area contributed by atoms with Gasteiger partial charge < -0.3 is 15.8 Å². The highest BCUT2D eigenvalue weighted by Gasteiger charge is 2.08. The van der Waals surface area contributed by atoms with Gasteiger partial charge in [-0.3, -0.25) is 0 Å². The van der Waals surface area contributed by atoms with E-state index >= 15 is 0 Å². The molecule has 0 aliphatic heterocycles. The van der Waals surface area contributed by atoms with Crippen LogP contribution in [0.5, 0.6) is 0 Å². The van der Waals surface area contributed by atoms with Crippen LogP contribution in [0.1, 0.15) is 13.8 Å². The number of aromatic nitrogens is 1. The molecule has 1 unspecified atom stereocenters. The molecule has 0 fully saturated rings. The van der Waals surface area contributed by atoms with Crippen molar-refractivity contribution in [2.75, 3.05) is 17.3 Å². The van der Waals surface area contributed by atoms with Crippen LogP contribution >= 0.6 is 0 Å². The Morgan fingerprint density at radius 3 is 2.67 bits per heavy atom. The molecule has 5 N–H and O–H groups in total. The largest absolute Gasteiger partial charge is 0.391 e. The molecule has 1 aromatic rings. The SMILES string of the molecule is CC(C)C(O)CNc1cccc(NN)n1. The summed E-state index contributed by atoms with van der Waals surface area (Å²) in [6.07, 6.45) is -0.374. The molecule has 0 aliphatic carbocycles. The number of nitrogens with one attached hydrogen (secondary N) is 2. The van der Waals surface area contributed by atoms with Gasteiger partial charge in [0.15, 0.2) is 0 Å². The van der Waals surface area contributed by atoms with Crippen molar-refractivity contribution in [3.8, 4) is 0 Å². The van der Waals surface area contributed by atoms with Crippen LogP contribution in [-0.4, -0.2) is 22.7 Å². The fourth-order valence-electron chi connectivity index (χ4n) is 1.06. The second-order valence-electron chi connectivity index (χ2n) is 3.74. The van der Waals surface area contributed by atoms with E-state index in [1.807, 2.05) is 26.0 Å². The Kier molecular flexibility index (Phi) is 4.33. The standard InChI is InChI=1S/C10H18N4O/c1-7(2)8(15)6-12-9-4-3-5-10(13-9)14-11/h3-5,7-8,15H,6,11H2,1-2H3,(H2,12,13,14). The molecule has 0 aliphatic rings. The van der Waals surface area contributed by atoms with Gasteiger partial charge in [-0.2, -0.15) is 0 Å². The summed E-state index contributed by atoms with van der Waals surface area (Å²) in [5.41, 5.74) is 2.46. The molecule has 15 heavy (non-hydrogen) atoms. The first kappa shape index (κ1) is 11.7. The Hall–Kier alpha value is -1.33. The zero-order chi connectivity index (χ0) is 11.3. The molecule has 5 nitrogen and oxygen atoms in total. The predicted octanol–water partition coefficient (Wildman–Crippen LogP) is 0.796. The zero-order valence-corrected chi connectivity index (χ0v) is 9.07. The number of hydrazine groups is 1. The molecular formula is C10H18N4O. The number of aliphatic hydroxyl groups is 1. The number of nitrogens with zero attached hydrogens (tertiary/aromatic N) is 1. The lowest BCUT2D eigenvalue weighted by molar-refractivity contribution is 0.138. The third-order valence-electron chi connectivity index (χ3n) is 2.16. The van der Waals surface area contributed by atoms with Crippen LogP contribution in [0.15, 0.2) is 18.2 Å². The Morgan fingerprint density at radius 2 is 2.07 bits per heavy atom. The van der Waals surface area contributed by atoms with Gasteiger partial charge in [0.1, 0.15) is 11.6 Å². The van der Waals surface area contributed by atoms with E-state index in [9.17, 15) is 5.11 Å². The first-order valence-electron chi connectivity index (χ1n) is 4.99. The molecule has 0 radical (unpaired) electrons. The van der Waals surface area contributed by atoms with Crippen LogP contribution < -0.4 is 16.6 Å². The van der Waals surface area contributed by atoms with Crippen LogP contribution in [0.25, 0.3) is 0 Å². The number of hydrogen-bond acceptors (Lipinski definition) is 5. The summed E-state index contributed by atoms with van der Waals surface area (Å²) >= 11 is 0. The molecule has 0 spiro atoms. The van der Waals surface area contributed by atoms with Crippen LogP contribution in [0, 0.1) is 5.92 Å². The minimum atomic E-state index is -0.374. The molecule has 0 aromatic carbocycles. The molecule has 0 saturated heterocycles. The number of anilines is 2. The molecule has 0 saturated carbocycles. The van der Waals surface area contributed by atoms with Crippen LogP contribution in [-0.2, 0) is 0 Å². The third kappa shape index (κ3) is 3.73. The van der Waals surface area contributed by atoms with Gasteiger partial charge in [-0.1, -0.05) is 19.9 Å². The average molecular weight is 210 g/mol. The summed E-state index contributed by atoms with van der Waals surface area (Å²) in [5.74, 6) is 6.76. The van der Waals surface area contributed by atoms with E-state index in [1.54, 1.807) is 6.07 Å². The lowest BCUT2D eigenvalue weighted by Gasteiger charge is -2.15. The van der Waals surface area contributed by atoms with Gasteiger partial charge >= 0.3 is 0 Å².